The molecule has 1 unspecified atom stereocenters. The van der Waals surface area contributed by atoms with Crippen LogP contribution in [0.2, 0.25) is 0 Å². The molecule has 4 heteroatoms. The maximum Gasteiger partial charge on any atom is 0.251 e. The van der Waals surface area contributed by atoms with Gasteiger partial charge in [0.25, 0.3) is 5.56 Å². The minimum Gasteiger partial charge on any atom is -0.491 e. The fraction of sp³-hybridized carbons (Fsp3) is 0.154. The Morgan fingerprint density at radius 1 is 0.800 bits per heavy atom. The third-order valence-electron chi connectivity index (χ3n) is 4.82. The number of benzene rings is 3. The van der Waals surface area contributed by atoms with Crippen LogP contribution in [0, 0.1) is 0 Å². The van der Waals surface area contributed by atoms with Gasteiger partial charge in [0, 0.05) is 11.6 Å². The Morgan fingerprint density at radius 3 is 2.03 bits per heavy atom. The number of hydrogen-bond donors (Lipinski definition) is 1. The van der Waals surface area contributed by atoms with Crippen LogP contribution in [0.4, 0.5) is 0 Å². The van der Waals surface area contributed by atoms with Gasteiger partial charge >= 0.3 is 0 Å². The van der Waals surface area contributed by atoms with Crippen LogP contribution < -0.4 is 10.3 Å². The zero-order chi connectivity index (χ0) is 20.9. The highest BCUT2D eigenvalue weighted by Crippen LogP contribution is 2.32. The van der Waals surface area contributed by atoms with Crippen molar-refractivity contribution in [1.82, 2.24) is 9.97 Å². The number of H-pyrrole nitrogens is 1. The Balaban J connectivity index is 1.82. The maximum atomic E-state index is 12.5. The summed E-state index contributed by atoms with van der Waals surface area (Å²) in [6, 6.07) is 29.4. The zero-order valence-corrected chi connectivity index (χ0v) is 17.1. The number of ether oxygens (including phenoxy) is 1. The highest BCUT2D eigenvalue weighted by Gasteiger charge is 2.20. The van der Waals surface area contributed by atoms with E-state index in [0.717, 1.165) is 22.4 Å². The molecule has 0 spiro atoms. The van der Waals surface area contributed by atoms with E-state index >= 15 is 0 Å². The van der Waals surface area contributed by atoms with Crippen LogP contribution in [-0.2, 0) is 0 Å². The van der Waals surface area contributed by atoms with E-state index < -0.39 is 0 Å². The molecule has 30 heavy (non-hydrogen) atoms. The first-order valence-corrected chi connectivity index (χ1v) is 10.1. The summed E-state index contributed by atoms with van der Waals surface area (Å²) in [7, 11) is 0. The molecule has 0 fully saturated rings. The molecule has 1 N–H and O–H groups in total. The van der Waals surface area contributed by atoms with Gasteiger partial charge in [-0.25, -0.2) is 4.98 Å². The quantitative estimate of drug-likeness (QED) is 0.474. The summed E-state index contributed by atoms with van der Waals surface area (Å²) in [4.78, 5) is 20.2. The molecule has 0 bridgehead atoms. The lowest BCUT2D eigenvalue weighted by atomic mass is 9.88. The second-order valence-corrected chi connectivity index (χ2v) is 7.46. The van der Waals surface area contributed by atoms with E-state index in [1.54, 1.807) is 6.07 Å². The molecular formula is C26H24N2O2. The number of hydrogen-bond acceptors (Lipinski definition) is 3. The lowest BCUT2D eigenvalue weighted by Crippen LogP contribution is -2.15. The monoisotopic (exact) mass is 396 g/mol. The second kappa shape index (κ2) is 8.78. The van der Waals surface area contributed by atoms with Crippen LogP contribution in [0.5, 0.6) is 5.75 Å². The van der Waals surface area contributed by atoms with Crippen molar-refractivity contribution < 1.29 is 4.74 Å². The molecule has 0 saturated heterocycles. The number of aromatic amines is 1. The number of nitrogens with zero attached hydrogens (tertiary/aromatic N) is 1. The Kier molecular flexibility index (Phi) is 5.75. The molecule has 3 aromatic carbocycles. The number of rotatable bonds is 6. The van der Waals surface area contributed by atoms with Gasteiger partial charge in [0.15, 0.2) is 0 Å². The molecule has 4 rings (SSSR count). The van der Waals surface area contributed by atoms with Gasteiger partial charge in [0.05, 0.1) is 17.7 Å². The van der Waals surface area contributed by atoms with Gasteiger partial charge in [-0.15, -0.1) is 0 Å². The predicted octanol–water partition coefficient (Wildman–Crippen LogP) is 5.40. The van der Waals surface area contributed by atoms with E-state index in [4.69, 9.17) is 9.72 Å². The third-order valence-corrected chi connectivity index (χ3v) is 4.82. The molecule has 0 aliphatic heterocycles. The molecule has 150 valence electrons. The number of aromatic nitrogens is 2. The van der Waals surface area contributed by atoms with Gasteiger partial charge in [-0.2, -0.15) is 0 Å². The molecule has 4 nitrogen and oxygen atoms in total. The van der Waals surface area contributed by atoms with Crippen LogP contribution >= 0.6 is 0 Å². The minimum atomic E-state index is -0.167. The molecular weight excluding hydrogens is 372 g/mol. The molecule has 0 radical (unpaired) electrons. The Morgan fingerprint density at radius 2 is 1.40 bits per heavy atom. The van der Waals surface area contributed by atoms with E-state index in [1.807, 2.05) is 86.6 Å². The first-order chi connectivity index (χ1) is 14.6. The summed E-state index contributed by atoms with van der Waals surface area (Å²) in [5.74, 6) is 1.23. The summed E-state index contributed by atoms with van der Waals surface area (Å²) < 4.78 is 5.79. The predicted molar refractivity (Wildman–Crippen MR) is 120 cm³/mol. The normalized spacial score (nSPS) is 12.0. The van der Waals surface area contributed by atoms with Crippen LogP contribution in [0.15, 0.2) is 95.8 Å². The lowest BCUT2D eigenvalue weighted by Gasteiger charge is -2.19. The molecule has 0 saturated carbocycles. The highest BCUT2D eigenvalue weighted by atomic mass is 16.5. The second-order valence-electron chi connectivity index (χ2n) is 7.46. The highest BCUT2D eigenvalue weighted by molar-refractivity contribution is 5.55. The summed E-state index contributed by atoms with van der Waals surface area (Å²) in [6.45, 7) is 4.01. The van der Waals surface area contributed by atoms with E-state index in [2.05, 4.69) is 17.1 Å². The molecule has 0 aliphatic carbocycles. The fourth-order valence-corrected chi connectivity index (χ4v) is 3.55. The average molecular weight is 396 g/mol. The van der Waals surface area contributed by atoms with Crippen LogP contribution in [-0.4, -0.2) is 16.1 Å². The molecule has 1 heterocycles. The van der Waals surface area contributed by atoms with Gasteiger partial charge in [-0.05, 0) is 37.1 Å². The standard InChI is InChI=1S/C26H24N2O2/c1-18(2)30-22-15-13-20(14-16-22)25(19-9-5-3-6-10-19)23-17-24(29)28-26(27-23)21-11-7-4-8-12-21/h3-18,25H,1-2H3,(H,27,28,29). The molecule has 1 aromatic heterocycles. The summed E-state index contributed by atoms with van der Waals surface area (Å²) in [5, 5.41) is 0. The Labute approximate surface area is 176 Å². The number of nitrogens with one attached hydrogen (secondary N) is 1. The molecule has 0 aliphatic rings. The van der Waals surface area contributed by atoms with Crippen molar-refractivity contribution in [1.29, 1.82) is 0 Å². The van der Waals surface area contributed by atoms with Gasteiger partial charge in [0.1, 0.15) is 11.6 Å². The van der Waals surface area contributed by atoms with Gasteiger partial charge in [-0.3, -0.25) is 4.79 Å². The molecule has 4 aromatic rings. The van der Waals surface area contributed by atoms with Crippen LogP contribution in [0.1, 0.15) is 36.6 Å². The minimum absolute atomic E-state index is 0.114. The average Bonchev–Trinajstić information content (AvgIpc) is 2.76. The maximum absolute atomic E-state index is 12.5. The first kappa shape index (κ1) is 19.6. The molecule has 0 amide bonds. The van der Waals surface area contributed by atoms with E-state index in [-0.39, 0.29) is 17.6 Å². The van der Waals surface area contributed by atoms with Crippen molar-refractivity contribution in [3.63, 3.8) is 0 Å². The first-order valence-electron chi connectivity index (χ1n) is 10.1. The van der Waals surface area contributed by atoms with Gasteiger partial charge in [0.2, 0.25) is 0 Å². The van der Waals surface area contributed by atoms with Crippen LogP contribution in [0.25, 0.3) is 11.4 Å². The van der Waals surface area contributed by atoms with Gasteiger partial charge < -0.3 is 9.72 Å². The largest absolute Gasteiger partial charge is 0.491 e. The van der Waals surface area contributed by atoms with Crippen molar-refractivity contribution >= 4 is 0 Å². The van der Waals surface area contributed by atoms with E-state index in [0.29, 0.717) is 11.5 Å². The van der Waals surface area contributed by atoms with Crippen LogP contribution in [0.3, 0.4) is 0 Å². The summed E-state index contributed by atoms with van der Waals surface area (Å²) >= 11 is 0. The fourth-order valence-electron chi connectivity index (χ4n) is 3.55. The molecule has 1 atom stereocenters. The topological polar surface area (TPSA) is 55.0 Å². The Bertz CT molecular complexity index is 1150. The SMILES string of the molecule is CC(C)Oc1ccc(C(c2ccccc2)c2cc(=O)[nH]c(-c3ccccc3)n2)cc1. The van der Waals surface area contributed by atoms with Crippen molar-refractivity contribution in [2.45, 2.75) is 25.9 Å². The third kappa shape index (κ3) is 4.49. The van der Waals surface area contributed by atoms with Gasteiger partial charge in [-0.1, -0.05) is 72.8 Å². The van der Waals surface area contributed by atoms with Crippen molar-refractivity contribution in [2.24, 2.45) is 0 Å². The van der Waals surface area contributed by atoms with Crippen molar-refractivity contribution in [2.75, 3.05) is 0 Å². The zero-order valence-electron chi connectivity index (χ0n) is 17.1. The summed E-state index contributed by atoms with van der Waals surface area (Å²) in [5.41, 5.74) is 3.55. The smallest absolute Gasteiger partial charge is 0.251 e. The lowest BCUT2D eigenvalue weighted by molar-refractivity contribution is 0.242. The Hall–Kier alpha value is -3.66. The summed E-state index contributed by atoms with van der Waals surface area (Å²) in [6.07, 6.45) is 0.114. The van der Waals surface area contributed by atoms with E-state index in [1.165, 1.54) is 0 Å². The van der Waals surface area contributed by atoms with Crippen molar-refractivity contribution in [3.8, 4) is 17.1 Å². The van der Waals surface area contributed by atoms with E-state index in [9.17, 15) is 4.79 Å². The van der Waals surface area contributed by atoms with Crippen molar-refractivity contribution in [3.05, 3.63) is 118 Å².